The highest BCUT2D eigenvalue weighted by atomic mass is 19.1. The van der Waals surface area contributed by atoms with Crippen molar-refractivity contribution >= 4 is 11.6 Å². The molecule has 0 radical (unpaired) electrons. The molecule has 0 bridgehead atoms. The highest BCUT2D eigenvalue weighted by Gasteiger charge is 2.44. The van der Waals surface area contributed by atoms with Gasteiger partial charge in [-0.2, -0.15) is 0 Å². The number of amides is 1. The Kier molecular flexibility index (Phi) is 5.22. The smallest absolute Gasteiger partial charge is 0.228 e. The first kappa shape index (κ1) is 18.7. The molecule has 4 rings (SSSR count). The third kappa shape index (κ3) is 4.12. The summed E-state index contributed by atoms with van der Waals surface area (Å²) in [5.74, 6) is 1.19. The summed E-state index contributed by atoms with van der Waals surface area (Å²) in [6.45, 7) is 1.96. The molecule has 1 heterocycles. The van der Waals surface area contributed by atoms with Crippen molar-refractivity contribution < 1.29 is 18.7 Å². The van der Waals surface area contributed by atoms with Gasteiger partial charge in [-0.05, 0) is 67.8 Å². The number of anilines is 1. The lowest BCUT2D eigenvalue weighted by Gasteiger charge is -2.17. The van der Waals surface area contributed by atoms with Crippen molar-refractivity contribution in [2.75, 3.05) is 32.6 Å². The number of methoxy groups -OCH3 is 1. The number of hydrogen-bond donors (Lipinski definition) is 1. The maximum Gasteiger partial charge on any atom is 0.228 e. The average Bonchev–Trinajstić information content (AvgIpc) is 3.40. The molecule has 3 atom stereocenters. The van der Waals surface area contributed by atoms with E-state index in [1.807, 2.05) is 18.2 Å². The lowest BCUT2D eigenvalue weighted by Crippen LogP contribution is -2.21. The Hall–Kier alpha value is -2.60. The van der Waals surface area contributed by atoms with E-state index in [1.165, 1.54) is 12.1 Å². The number of rotatable bonds is 6. The van der Waals surface area contributed by atoms with Gasteiger partial charge in [-0.25, -0.2) is 4.39 Å². The van der Waals surface area contributed by atoms with E-state index in [0.29, 0.717) is 11.4 Å². The highest BCUT2D eigenvalue weighted by Crippen LogP contribution is 2.49. The predicted octanol–water partition coefficient (Wildman–Crippen LogP) is 3.66. The number of hydrogen-bond acceptors (Lipinski definition) is 4. The van der Waals surface area contributed by atoms with Crippen LogP contribution in [0.25, 0.3) is 0 Å². The van der Waals surface area contributed by atoms with Crippen molar-refractivity contribution in [2.45, 2.75) is 24.9 Å². The zero-order valence-corrected chi connectivity index (χ0v) is 16.2. The van der Waals surface area contributed by atoms with E-state index in [2.05, 4.69) is 17.3 Å². The number of likely N-dealkylation sites (N-methyl/N-ethyl adjacent to an activating group) is 1. The molecule has 1 N–H and O–H groups in total. The Bertz CT molecular complexity index is 855. The van der Waals surface area contributed by atoms with Crippen molar-refractivity contribution in [1.29, 1.82) is 0 Å². The van der Waals surface area contributed by atoms with Crippen molar-refractivity contribution in [3.63, 3.8) is 0 Å². The number of nitrogens with one attached hydrogen (secondary N) is 1. The van der Waals surface area contributed by atoms with Gasteiger partial charge >= 0.3 is 0 Å². The first-order valence-electron chi connectivity index (χ1n) is 9.63. The first-order chi connectivity index (χ1) is 13.5. The molecular formula is C22H25FN2O3. The van der Waals surface area contributed by atoms with Crippen LogP contribution in [0.4, 0.5) is 10.1 Å². The SMILES string of the molecule is COc1cc(C2CC2C(=O)Nc2ccc(F)cc2)ccc1OC1CCN(C)C1. The summed E-state index contributed by atoms with van der Waals surface area (Å²) in [7, 11) is 3.73. The molecule has 28 heavy (non-hydrogen) atoms. The van der Waals surface area contributed by atoms with E-state index < -0.39 is 0 Å². The standard InChI is InChI=1S/C22H25FN2O3/c1-25-10-9-17(13-25)28-20-8-3-14(11-21(20)27-2)18-12-19(18)22(26)24-16-6-4-15(23)5-7-16/h3-8,11,17-19H,9-10,12-13H2,1-2H3,(H,24,26). The maximum atomic E-state index is 13.0. The van der Waals surface area contributed by atoms with Crippen LogP contribution in [-0.4, -0.2) is 44.2 Å². The fourth-order valence-electron chi connectivity index (χ4n) is 3.80. The fraction of sp³-hybridized carbons (Fsp3) is 0.409. The van der Waals surface area contributed by atoms with Gasteiger partial charge in [0.1, 0.15) is 11.9 Å². The van der Waals surface area contributed by atoms with E-state index >= 15 is 0 Å². The Labute approximate surface area is 164 Å². The van der Waals surface area contributed by atoms with Gasteiger partial charge in [0.05, 0.1) is 7.11 Å². The number of benzene rings is 2. The second-order valence-electron chi connectivity index (χ2n) is 7.65. The second-order valence-corrected chi connectivity index (χ2v) is 7.65. The lowest BCUT2D eigenvalue weighted by atomic mass is 10.1. The second kappa shape index (κ2) is 7.80. The Morgan fingerprint density at radius 3 is 2.64 bits per heavy atom. The summed E-state index contributed by atoms with van der Waals surface area (Å²) in [5, 5.41) is 2.86. The van der Waals surface area contributed by atoms with E-state index in [9.17, 15) is 9.18 Å². The largest absolute Gasteiger partial charge is 0.493 e. The first-order valence-corrected chi connectivity index (χ1v) is 9.63. The molecular weight excluding hydrogens is 359 g/mol. The van der Waals surface area contributed by atoms with Gasteiger partial charge in [0.25, 0.3) is 0 Å². The Balaban J connectivity index is 1.39. The fourth-order valence-corrected chi connectivity index (χ4v) is 3.80. The lowest BCUT2D eigenvalue weighted by molar-refractivity contribution is -0.117. The van der Waals surface area contributed by atoms with Gasteiger partial charge in [-0.1, -0.05) is 6.07 Å². The quantitative estimate of drug-likeness (QED) is 0.826. The molecule has 1 aliphatic carbocycles. The molecule has 2 aromatic rings. The zero-order valence-electron chi connectivity index (χ0n) is 16.2. The number of carbonyl (C=O) groups excluding carboxylic acids is 1. The van der Waals surface area contributed by atoms with Gasteiger partial charge in [0.2, 0.25) is 5.91 Å². The van der Waals surface area contributed by atoms with Crippen molar-refractivity contribution in [3.05, 3.63) is 53.8 Å². The van der Waals surface area contributed by atoms with E-state index in [1.54, 1.807) is 19.2 Å². The molecule has 1 amide bonds. The normalized spacial score (nSPS) is 24.0. The Morgan fingerprint density at radius 2 is 1.96 bits per heavy atom. The van der Waals surface area contributed by atoms with E-state index in [4.69, 9.17) is 9.47 Å². The summed E-state index contributed by atoms with van der Waals surface area (Å²) in [4.78, 5) is 14.7. The van der Waals surface area contributed by atoms with Crippen LogP contribution in [0.5, 0.6) is 11.5 Å². The molecule has 1 saturated carbocycles. The topological polar surface area (TPSA) is 50.8 Å². The van der Waals surface area contributed by atoms with Crippen LogP contribution < -0.4 is 14.8 Å². The molecule has 1 aliphatic heterocycles. The summed E-state index contributed by atoms with van der Waals surface area (Å²) in [6.07, 6.45) is 1.99. The summed E-state index contributed by atoms with van der Waals surface area (Å²) >= 11 is 0. The van der Waals surface area contributed by atoms with E-state index in [0.717, 1.165) is 37.2 Å². The summed E-state index contributed by atoms with van der Waals surface area (Å²) in [6, 6.07) is 11.8. The van der Waals surface area contributed by atoms with Gasteiger partial charge in [0, 0.05) is 24.7 Å². The molecule has 2 aliphatic rings. The van der Waals surface area contributed by atoms with Crippen molar-refractivity contribution in [3.8, 4) is 11.5 Å². The zero-order chi connectivity index (χ0) is 19.7. The van der Waals surface area contributed by atoms with Crippen LogP contribution in [0, 0.1) is 11.7 Å². The minimum absolute atomic E-state index is 0.0371. The van der Waals surface area contributed by atoms with Gasteiger partial charge in [0.15, 0.2) is 11.5 Å². The van der Waals surface area contributed by atoms with Crippen LogP contribution >= 0.6 is 0 Å². The molecule has 3 unspecified atom stereocenters. The monoisotopic (exact) mass is 384 g/mol. The summed E-state index contributed by atoms with van der Waals surface area (Å²) in [5.41, 5.74) is 1.69. The van der Waals surface area contributed by atoms with Crippen molar-refractivity contribution in [1.82, 2.24) is 4.90 Å². The average molecular weight is 384 g/mol. The Morgan fingerprint density at radius 1 is 1.18 bits per heavy atom. The molecule has 1 saturated heterocycles. The third-order valence-corrected chi connectivity index (χ3v) is 5.50. The van der Waals surface area contributed by atoms with Crippen LogP contribution in [-0.2, 0) is 4.79 Å². The van der Waals surface area contributed by atoms with Gasteiger partial charge in [-0.15, -0.1) is 0 Å². The van der Waals surface area contributed by atoms with Crippen molar-refractivity contribution in [2.24, 2.45) is 5.92 Å². The van der Waals surface area contributed by atoms with Crippen LogP contribution in [0.15, 0.2) is 42.5 Å². The molecule has 148 valence electrons. The summed E-state index contributed by atoms with van der Waals surface area (Å²) < 4.78 is 24.6. The minimum atomic E-state index is -0.319. The number of nitrogens with zero attached hydrogens (tertiary/aromatic N) is 1. The highest BCUT2D eigenvalue weighted by molar-refractivity contribution is 5.95. The number of halogens is 1. The number of carbonyl (C=O) groups is 1. The molecule has 5 nitrogen and oxygen atoms in total. The van der Waals surface area contributed by atoms with Crippen LogP contribution in [0.1, 0.15) is 24.3 Å². The van der Waals surface area contributed by atoms with E-state index in [-0.39, 0.29) is 29.7 Å². The molecule has 0 spiro atoms. The molecule has 2 aromatic carbocycles. The van der Waals surface area contributed by atoms with Gasteiger partial charge in [-0.3, -0.25) is 4.79 Å². The van der Waals surface area contributed by atoms with Gasteiger partial charge < -0.3 is 19.7 Å². The minimum Gasteiger partial charge on any atom is -0.493 e. The van der Waals surface area contributed by atoms with Crippen LogP contribution in [0.2, 0.25) is 0 Å². The maximum absolute atomic E-state index is 13.0. The number of likely N-dealkylation sites (tertiary alicyclic amines) is 1. The molecule has 6 heteroatoms. The third-order valence-electron chi connectivity index (χ3n) is 5.50. The predicted molar refractivity (Wildman–Crippen MR) is 105 cm³/mol. The molecule has 2 fully saturated rings. The number of ether oxygens (including phenoxy) is 2. The molecule has 0 aromatic heterocycles. The van der Waals surface area contributed by atoms with Crippen LogP contribution in [0.3, 0.4) is 0 Å².